The minimum absolute atomic E-state index is 0.204. The number of rotatable bonds is 6. The summed E-state index contributed by atoms with van der Waals surface area (Å²) >= 11 is 0. The van der Waals surface area contributed by atoms with Gasteiger partial charge in [-0.2, -0.15) is 4.57 Å². The number of pyridine rings is 1. The fourth-order valence-electron chi connectivity index (χ4n) is 2.73. The van der Waals surface area contributed by atoms with E-state index in [1.807, 2.05) is 0 Å². The molecule has 4 atom stereocenters. The van der Waals surface area contributed by atoms with E-state index in [-0.39, 0.29) is 12.2 Å². The van der Waals surface area contributed by atoms with E-state index in [2.05, 4.69) is 0 Å². The molecule has 1 aromatic heterocycles. The van der Waals surface area contributed by atoms with Crippen LogP contribution in [0.3, 0.4) is 0 Å². The van der Waals surface area contributed by atoms with Crippen LogP contribution >= 0.6 is 0 Å². The van der Waals surface area contributed by atoms with E-state index in [1.54, 1.807) is 12.3 Å². The molecule has 0 saturated carbocycles. The molecule has 1 amide bonds. The van der Waals surface area contributed by atoms with Gasteiger partial charge in [0.25, 0.3) is 5.91 Å². The van der Waals surface area contributed by atoms with Gasteiger partial charge in [-0.25, -0.2) is 0 Å². The van der Waals surface area contributed by atoms with E-state index in [0.29, 0.717) is 0 Å². The third-order valence-corrected chi connectivity index (χ3v) is 3.74. The normalized spacial score (nSPS) is 24.1. The van der Waals surface area contributed by atoms with Gasteiger partial charge in [-0.1, -0.05) is 0 Å². The Bertz CT molecular complexity index is 750. The fourth-order valence-corrected chi connectivity index (χ4v) is 2.73. The molecule has 1 aromatic rings. The highest BCUT2D eigenvalue weighted by molar-refractivity contribution is 5.92. The summed E-state index contributed by atoms with van der Waals surface area (Å²) in [4.78, 5) is 45.6. The highest BCUT2D eigenvalue weighted by Crippen LogP contribution is 2.31. The zero-order valence-corrected chi connectivity index (χ0v) is 15.1. The Kier molecular flexibility index (Phi) is 6.45. The third kappa shape index (κ3) is 5.23. The van der Waals surface area contributed by atoms with E-state index in [0.717, 1.165) is 0 Å². The molecule has 10 heteroatoms. The van der Waals surface area contributed by atoms with Gasteiger partial charge in [0.15, 0.2) is 18.5 Å². The van der Waals surface area contributed by atoms with Crippen molar-refractivity contribution in [2.75, 3.05) is 6.61 Å². The molecule has 0 spiro atoms. The lowest BCUT2D eigenvalue weighted by molar-refractivity contribution is -0.765. The smallest absolute Gasteiger partial charge is 0.304 e. The number of amides is 1. The Balaban J connectivity index is 2.39. The van der Waals surface area contributed by atoms with Crippen molar-refractivity contribution < 1.29 is 42.7 Å². The van der Waals surface area contributed by atoms with Gasteiger partial charge in [0.1, 0.15) is 18.3 Å². The molecule has 0 radical (unpaired) electrons. The van der Waals surface area contributed by atoms with Crippen LogP contribution < -0.4 is 10.3 Å². The van der Waals surface area contributed by atoms with E-state index < -0.39 is 48.4 Å². The summed E-state index contributed by atoms with van der Waals surface area (Å²) < 4.78 is 22.8. The minimum Gasteiger partial charge on any atom is -0.463 e. The van der Waals surface area contributed by atoms with E-state index in [4.69, 9.17) is 24.7 Å². The molecule has 2 heterocycles. The molecule has 1 aliphatic rings. The van der Waals surface area contributed by atoms with Crippen LogP contribution in [-0.4, -0.2) is 48.7 Å². The minimum atomic E-state index is -1.03. The Morgan fingerprint density at radius 3 is 2.26 bits per heavy atom. The predicted molar refractivity (Wildman–Crippen MR) is 86.8 cm³/mol. The van der Waals surface area contributed by atoms with Gasteiger partial charge < -0.3 is 24.7 Å². The van der Waals surface area contributed by atoms with Gasteiger partial charge in [-0.3, -0.25) is 19.2 Å². The largest absolute Gasteiger partial charge is 0.463 e. The summed E-state index contributed by atoms with van der Waals surface area (Å²) in [5.74, 6) is -2.44. The first kappa shape index (κ1) is 20.3. The van der Waals surface area contributed by atoms with Crippen LogP contribution in [0.1, 0.15) is 37.4 Å². The highest BCUT2D eigenvalue weighted by Gasteiger charge is 2.54. The topological polar surface area (TPSA) is 135 Å². The number of nitrogens with two attached hydrogens (primary N) is 1. The number of nitrogens with zero attached hydrogens (tertiary/aromatic N) is 1. The molecule has 0 unspecified atom stereocenters. The molecule has 2 N–H and O–H groups in total. The van der Waals surface area contributed by atoms with Crippen molar-refractivity contribution in [1.29, 1.82) is 0 Å². The summed E-state index contributed by atoms with van der Waals surface area (Å²) in [6.07, 6.45) is -0.856. The van der Waals surface area contributed by atoms with E-state index in [9.17, 15) is 19.2 Å². The Hall–Kier alpha value is -3.01. The summed E-state index contributed by atoms with van der Waals surface area (Å²) in [7, 11) is 0. The molecule has 0 aliphatic carbocycles. The SMILES string of the molecule is CC(=O)OC[C@H]1O[C@H]([n+]2cccc(C(N)=O)c2)[C@H](OC(C)=O)[C@@H]1OC(C)=O. The summed E-state index contributed by atoms with van der Waals surface area (Å²) in [6.45, 7) is 3.41. The first-order chi connectivity index (χ1) is 12.7. The van der Waals surface area contributed by atoms with Gasteiger partial charge in [0.2, 0.25) is 6.10 Å². The quantitative estimate of drug-likeness (QED) is 0.392. The molecular formula is C17H21N2O8+. The number of carbonyl (C=O) groups excluding carboxylic acids is 4. The summed E-state index contributed by atoms with van der Waals surface area (Å²) in [5.41, 5.74) is 5.50. The number of ether oxygens (including phenoxy) is 4. The zero-order valence-electron chi connectivity index (χ0n) is 15.1. The van der Waals surface area contributed by atoms with Crippen molar-refractivity contribution in [2.45, 2.75) is 45.3 Å². The van der Waals surface area contributed by atoms with Gasteiger partial charge in [-0.05, 0) is 6.07 Å². The standard InChI is InChI=1S/C17H20N2O8/c1-9(20)24-8-13-14(25-10(2)21)15(26-11(3)22)17(27-13)19-6-4-5-12(7-19)16(18)23/h4-7,13-15,17H,8H2,1-3H3,(H-,18,23)/p+1/t13-,14-,15-,17+/m1/s1. The summed E-state index contributed by atoms with van der Waals surface area (Å²) in [5, 5.41) is 0. The molecule has 146 valence electrons. The molecule has 1 aliphatic heterocycles. The first-order valence-corrected chi connectivity index (χ1v) is 8.13. The fraction of sp³-hybridized carbons (Fsp3) is 0.471. The molecule has 27 heavy (non-hydrogen) atoms. The maximum Gasteiger partial charge on any atom is 0.304 e. The van der Waals surface area contributed by atoms with Crippen molar-refractivity contribution in [3.63, 3.8) is 0 Å². The maximum absolute atomic E-state index is 11.6. The molecule has 1 fully saturated rings. The van der Waals surface area contributed by atoms with Gasteiger partial charge in [0, 0.05) is 26.8 Å². The molecule has 2 rings (SSSR count). The van der Waals surface area contributed by atoms with E-state index >= 15 is 0 Å². The molecule has 0 bridgehead atoms. The molecule has 1 saturated heterocycles. The highest BCUT2D eigenvalue weighted by atomic mass is 16.7. The predicted octanol–water partition coefficient (Wildman–Crippen LogP) is -0.603. The Morgan fingerprint density at radius 1 is 1.07 bits per heavy atom. The zero-order chi connectivity index (χ0) is 20.1. The monoisotopic (exact) mass is 381 g/mol. The Morgan fingerprint density at radius 2 is 1.70 bits per heavy atom. The Labute approximate surface area is 155 Å². The number of hydrogen-bond acceptors (Lipinski definition) is 8. The average Bonchev–Trinajstić information content (AvgIpc) is 2.89. The van der Waals surface area contributed by atoms with E-state index in [1.165, 1.54) is 37.6 Å². The van der Waals surface area contributed by atoms with Crippen molar-refractivity contribution in [3.8, 4) is 0 Å². The number of aromatic nitrogens is 1. The molecule has 10 nitrogen and oxygen atoms in total. The van der Waals surface area contributed by atoms with Crippen LogP contribution in [0, 0.1) is 0 Å². The second-order valence-corrected chi connectivity index (χ2v) is 5.92. The number of esters is 3. The first-order valence-electron chi connectivity index (χ1n) is 8.13. The van der Waals surface area contributed by atoms with Gasteiger partial charge in [0.05, 0.1) is 0 Å². The molecule has 0 aromatic carbocycles. The third-order valence-electron chi connectivity index (χ3n) is 3.74. The number of primary amides is 1. The lowest BCUT2D eigenvalue weighted by atomic mass is 10.1. The number of hydrogen-bond donors (Lipinski definition) is 1. The van der Waals surface area contributed by atoms with Crippen molar-refractivity contribution in [3.05, 3.63) is 30.1 Å². The second-order valence-electron chi connectivity index (χ2n) is 5.92. The van der Waals surface area contributed by atoms with Crippen LogP contribution in [0.15, 0.2) is 24.5 Å². The summed E-state index contributed by atoms with van der Waals surface area (Å²) in [6, 6.07) is 3.07. The van der Waals surface area contributed by atoms with Crippen LogP contribution in [0.5, 0.6) is 0 Å². The maximum atomic E-state index is 11.6. The van der Waals surface area contributed by atoms with Crippen molar-refractivity contribution in [2.24, 2.45) is 5.73 Å². The van der Waals surface area contributed by atoms with Crippen LogP contribution in [0.2, 0.25) is 0 Å². The lowest BCUT2D eigenvalue weighted by Crippen LogP contribution is -2.48. The lowest BCUT2D eigenvalue weighted by Gasteiger charge is -2.21. The van der Waals surface area contributed by atoms with Crippen LogP contribution in [0.4, 0.5) is 0 Å². The van der Waals surface area contributed by atoms with Gasteiger partial charge in [-0.15, -0.1) is 0 Å². The van der Waals surface area contributed by atoms with Crippen molar-refractivity contribution in [1.82, 2.24) is 0 Å². The van der Waals surface area contributed by atoms with Crippen LogP contribution in [-0.2, 0) is 33.3 Å². The van der Waals surface area contributed by atoms with Gasteiger partial charge >= 0.3 is 24.1 Å². The van der Waals surface area contributed by atoms with Crippen LogP contribution in [0.25, 0.3) is 0 Å². The molecular weight excluding hydrogens is 360 g/mol. The van der Waals surface area contributed by atoms with Crippen molar-refractivity contribution >= 4 is 23.8 Å². The average molecular weight is 381 g/mol. The number of carbonyl (C=O) groups is 4. The second kappa shape index (κ2) is 8.58.